The molecule has 0 aliphatic heterocycles. The lowest BCUT2D eigenvalue weighted by Gasteiger charge is -2.12. The Morgan fingerprint density at radius 1 is 1.12 bits per heavy atom. The monoisotopic (exact) mass is 353 g/mol. The number of nitrogens with zero attached hydrogens (tertiary/aromatic N) is 2. The van der Waals surface area contributed by atoms with E-state index < -0.39 is 10.0 Å². The van der Waals surface area contributed by atoms with Gasteiger partial charge >= 0.3 is 0 Å². The lowest BCUT2D eigenvalue weighted by atomic mass is 10.1. The molecule has 0 atom stereocenters. The maximum atomic E-state index is 12.5. The van der Waals surface area contributed by atoms with Gasteiger partial charge in [-0.1, -0.05) is 6.07 Å². The van der Waals surface area contributed by atoms with Gasteiger partial charge in [-0.25, -0.2) is 8.42 Å². The van der Waals surface area contributed by atoms with Crippen LogP contribution in [0.1, 0.15) is 11.1 Å². The Kier molecular flexibility index (Phi) is 4.07. The van der Waals surface area contributed by atoms with E-state index >= 15 is 0 Å². The molecule has 3 aromatic rings. The van der Waals surface area contributed by atoms with Gasteiger partial charge in [0.25, 0.3) is 15.6 Å². The second kappa shape index (κ2) is 6.07. The highest BCUT2D eigenvalue weighted by molar-refractivity contribution is 7.92. The van der Waals surface area contributed by atoms with Crippen LogP contribution in [0, 0.1) is 18.3 Å². The predicted octanol–water partition coefficient (Wildman–Crippen LogP) is 2.52. The summed E-state index contributed by atoms with van der Waals surface area (Å²) in [6.45, 7) is 1.80. The first-order chi connectivity index (χ1) is 11.8. The van der Waals surface area contributed by atoms with E-state index in [4.69, 9.17) is 5.26 Å². The standard InChI is InChI=1S/C18H15N3O3S/c1-12-8-18(22)21(2)17-7-6-14(10-16(12)17)20-25(23,24)15-5-3-4-13(9-15)11-19/h3-10,20H,1-2H3. The molecule has 1 heterocycles. The van der Waals surface area contributed by atoms with Crippen LogP contribution in [0.25, 0.3) is 10.9 Å². The fourth-order valence-electron chi connectivity index (χ4n) is 2.63. The van der Waals surface area contributed by atoms with Crippen molar-refractivity contribution in [3.8, 4) is 6.07 Å². The number of nitrogens with one attached hydrogen (secondary N) is 1. The summed E-state index contributed by atoms with van der Waals surface area (Å²) in [7, 11) is -2.15. The van der Waals surface area contributed by atoms with Crippen molar-refractivity contribution in [2.24, 2.45) is 7.05 Å². The summed E-state index contributed by atoms with van der Waals surface area (Å²) in [6, 6.07) is 14.2. The zero-order valence-corrected chi connectivity index (χ0v) is 14.5. The third kappa shape index (κ3) is 3.12. The smallest absolute Gasteiger partial charge is 0.261 e. The molecule has 126 valence electrons. The van der Waals surface area contributed by atoms with Gasteiger partial charge in [-0.2, -0.15) is 5.26 Å². The Morgan fingerprint density at radius 3 is 2.60 bits per heavy atom. The zero-order valence-electron chi connectivity index (χ0n) is 13.6. The summed E-state index contributed by atoms with van der Waals surface area (Å²) in [5, 5.41) is 9.71. The fourth-order valence-corrected chi connectivity index (χ4v) is 3.73. The van der Waals surface area contributed by atoms with Gasteiger partial charge in [0.1, 0.15) is 0 Å². The van der Waals surface area contributed by atoms with Crippen molar-refractivity contribution in [2.75, 3.05) is 4.72 Å². The topological polar surface area (TPSA) is 92.0 Å². The van der Waals surface area contributed by atoms with Gasteiger partial charge in [-0.3, -0.25) is 9.52 Å². The molecule has 0 spiro atoms. The first-order valence-corrected chi connectivity index (χ1v) is 8.93. The molecule has 7 heteroatoms. The van der Waals surface area contributed by atoms with Gasteiger partial charge < -0.3 is 4.57 Å². The van der Waals surface area contributed by atoms with E-state index in [0.717, 1.165) is 16.5 Å². The molecule has 0 amide bonds. The maximum Gasteiger partial charge on any atom is 0.261 e. The lowest BCUT2D eigenvalue weighted by Crippen LogP contribution is -2.17. The van der Waals surface area contributed by atoms with E-state index in [1.807, 2.05) is 6.07 Å². The van der Waals surface area contributed by atoms with Gasteiger partial charge in [0.05, 0.1) is 22.0 Å². The van der Waals surface area contributed by atoms with Crippen molar-refractivity contribution < 1.29 is 8.42 Å². The molecule has 3 rings (SSSR count). The molecule has 0 radical (unpaired) electrons. The van der Waals surface area contributed by atoms with Crippen LogP contribution in [0.4, 0.5) is 5.69 Å². The van der Waals surface area contributed by atoms with Crippen LogP contribution in [-0.2, 0) is 17.1 Å². The summed E-state index contributed by atoms with van der Waals surface area (Å²) in [5.74, 6) is 0. The molecule has 0 bridgehead atoms. The third-order valence-electron chi connectivity index (χ3n) is 3.98. The average Bonchev–Trinajstić information content (AvgIpc) is 2.59. The molecule has 1 N–H and O–H groups in total. The minimum atomic E-state index is -3.82. The zero-order chi connectivity index (χ0) is 18.2. The molecule has 6 nitrogen and oxygen atoms in total. The molecule has 0 aliphatic rings. The number of aromatic nitrogens is 1. The summed E-state index contributed by atoms with van der Waals surface area (Å²) in [4.78, 5) is 11.9. The number of fused-ring (bicyclic) bond motifs is 1. The van der Waals surface area contributed by atoms with E-state index in [2.05, 4.69) is 4.72 Å². The molecular weight excluding hydrogens is 338 g/mol. The molecule has 0 saturated heterocycles. The van der Waals surface area contributed by atoms with Crippen molar-refractivity contribution >= 4 is 26.6 Å². The van der Waals surface area contributed by atoms with Crippen LogP contribution >= 0.6 is 0 Å². The lowest BCUT2D eigenvalue weighted by molar-refractivity contribution is 0.601. The Morgan fingerprint density at radius 2 is 1.88 bits per heavy atom. The highest BCUT2D eigenvalue weighted by Crippen LogP contribution is 2.23. The normalized spacial score (nSPS) is 11.2. The summed E-state index contributed by atoms with van der Waals surface area (Å²) in [5.41, 5.74) is 2.03. The Hall–Kier alpha value is -3.11. The van der Waals surface area contributed by atoms with Gasteiger partial charge in [0.2, 0.25) is 0 Å². The largest absolute Gasteiger partial charge is 0.311 e. The van der Waals surface area contributed by atoms with E-state index in [9.17, 15) is 13.2 Å². The van der Waals surface area contributed by atoms with Crippen molar-refractivity contribution in [1.82, 2.24) is 4.57 Å². The van der Waals surface area contributed by atoms with E-state index in [1.54, 1.807) is 38.2 Å². The fraction of sp³-hybridized carbons (Fsp3) is 0.111. The molecule has 1 aromatic heterocycles. The highest BCUT2D eigenvalue weighted by atomic mass is 32.2. The summed E-state index contributed by atoms with van der Waals surface area (Å²) >= 11 is 0. The number of pyridine rings is 1. The highest BCUT2D eigenvalue weighted by Gasteiger charge is 2.15. The second-order valence-electron chi connectivity index (χ2n) is 5.70. The number of aryl methyl sites for hydroxylation is 2. The van der Waals surface area contributed by atoms with Crippen LogP contribution < -0.4 is 10.3 Å². The van der Waals surface area contributed by atoms with Crippen LogP contribution in [0.15, 0.2) is 58.2 Å². The van der Waals surface area contributed by atoms with E-state index in [0.29, 0.717) is 5.69 Å². The molecule has 2 aromatic carbocycles. The SMILES string of the molecule is Cc1cc(=O)n(C)c2ccc(NS(=O)(=O)c3cccc(C#N)c3)cc12. The second-order valence-corrected chi connectivity index (χ2v) is 7.38. The molecule has 0 aliphatic carbocycles. The van der Waals surface area contributed by atoms with Crippen molar-refractivity contribution in [3.05, 3.63) is 70.0 Å². The molecular formula is C18H15N3O3S. The van der Waals surface area contributed by atoms with Crippen LogP contribution in [0.2, 0.25) is 0 Å². The van der Waals surface area contributed by atoms with Crippen molar-refractivity contribution in [2.45, 2.75) is 11.8 Å². The molecule has 25 heavy (non-hydrogen) atoms. The third-order valence-corrected chi connectivity index (χ3v) is 5.36. The number of sulfonamides is 1. The number of anilines is 1. The predicted molar refractivity (Wildman–Crippen MR) is 95.9 cm³/mol. The Bertz CT molecular complexity index is 1190. The van der Waals surface area contributed by atoms with Crippen molar-refractivity contribution in [3.63, 3.8) is 0 Å². The minimum absolute atomic E-state index is 0.0174. The summed E-state index contributed by atoms with van der Waals surface area (Å²) < 4.78 is 29.1. The first kappa shape index (κ1) is 16.7. The number of rotatable bonds is 3. The molecule has 0 saturated carbocycles. The van der Waals surface area contributed by atoms with Gasteiger partial charge in [0.15, 0.2) is 0 Å². The van der Waals surface area contributed by atoms with Gasteiger partial charge in [-0.05, 0) is 48.9 Å². The van der Waals surface area contributed by atoms with Gasteiger partial charge in [0, 0.05) is 24.2 Å². The quantitative estimate of drug-likeness (QED) is 0.783. The van der Waals surface area contributed by atoms with E-state index in [1.165, 1.54) is 28.8 Å². The molecule has 0 unspecified atom stereocenters. The first-order valence-electron chi connectivity index (χ1n) is 7.45. The average molecular weight is 353 g/mol. The summed E-state index contributed by atoms with van der Waals surface area (Å²) in [6.07, 6.45) is 0. The number of hydrogen-bond donors (Lipinski definition) is 1. The number of benzene rings is 2. The number of hydrogen-bond acceptors (Lipinski definition) is 4. The Balaban J connectivity index is 2.06. The maximum absolute atomic E-state index is 12.5. The Labute approximate surface area is 145 Å². The van der Waals surface area contributed by atoms with Gasteiger partial charge in [-0.15, -0.1) is 0 Å². The number of nitriles is 1. The van der Waals surface area contributed by atoms with E-state index in [-0.39, 0.29) is 16.0 Å². The van der Waals surface area contributed by atoms with Crippen LogP contribution in [-0.4, -0.2) is 13.0 Å². The molecule has 0 fully saturated rings. The van der Waals surface area contributed by atoms with Crippen LogP contribution in [0.3, 0.4) is 0 Å². The van der Waals surface area contributed by atoms with Crippen LogP contribution in [0.5, 0.6) is 0 Å². The minimum Gasteiger partial charge on any atom is -0.311 e. The van der Waals surface area contributed by atoms with Crippen molar-refractivity contribution in [1.29, 1.82) is 5.26 Å².